The molecule has 0 unspecified atom stereocenters. The number of carboxylic acid groups (broad SMARTS) is 1. The summed E-state index contributed by atoms with van der Waals surface area (Å²) >= 11 is 0. The number of nitrogens with one attached hydrogen (secondary N) is 1. The summed E-state index contributed by atoms with van der Waals surface area (Å²) in [7, 11) is 1.97. The van der Waals surface area contributed by atoms with Crippen LogP contribution in [0.15, 0.2) is 6.07 Å². The van der Waals surface area contributed by atoms with Gasteiger partial charge in [0.25, 0.3) is 0 Å². The number of carboxylic acids is 1. The number of rotatable bonds is 9. The van der Waals surface area contributed by atoms with Gasteiger partial charge >= 0.3 is 5.97 Å². The summed E-state index contributed by atoms with van der Waals surface area (Å²) in [5.74, 6) is -0.715. The fourth-order valence-corrected chi connectivity index (χ4v) is 2.12. The van der Waals surface area contributed by atoms with Crippen molar-refractivity contribution in [2.24, 2.45) is 12.5 Å². The van der Waals surface area contributed by atoms with Crippen molar-refractivity contribution in [1.82, 2.24) is 15.1 Å². The van der Waals surface area contributed by atoms with Crippen LogP contribution in [-0.2, 0) is 24.8 Å². The SMILES string of the molecule is CCc1cc(CNCCC(C)(C)CCC(=O)O)n(C)n1. The lowest BCUT2D eigenvalue weighted by Crippen LogP contribution is -2.23. The van der Waals surface area contributed by atoms with Crippen LogP contribution in [0.4, 0.5) is 0 Å². The van der Waals surface area contributed by atoms with E-state index < -0.39 is 5.97 Å². The van der Waals surface area contributed by atoms with E-state index in [1.165, 1.54) is 5.69 Å². The highest BCUT2D eigenvalue weighted by Crippen LogP contribution is 2.26. The van der Waals surface area contributed by atoms with Gasteiger partial charge in [-0.1, -0.05) is 20.8 Å². The summed E-state index contributed by atoms with van der Waals surface area (Å²) in [6, 6.07) is 2.13. The van der Waals surface area contributed by atoms with Crippen LogP contribution in [0.3, 0.4) is 0 Å². The Morgan fingerprint density at radius 1 is 1.45 bits per heavy atom. The predicted molar refractivity (Wildman–Crippen MR) is 79.6 cm³/mol. The molecule has 0 fully saturated rings. The molecule has 1 heterocycles. The third-order valence-corrected chi connectivity index (χ3v) is 3.69. The fourth-order valence-electron chi connectivity index (χ4n) is 2.12. The summed E-state index contributed by atoms with van der Waals surface area (Å²) in [6.07, 6.45) is 2.89. The topological polar surface area (TPSA) is 67.2 Å². The first-order chi connectivity index (χ1) is 9.34. The molecular formula is C15H27N3O2. The first-order valence-corrected chi connectivity index (χ1v) is 7.28. The van der Waals surface area contributed by atoms with Crippen LogP contribution in [-0.4, -0.2) is 27.4 Å². The molecule has 5 nitrogen and oxygen atoms in total. The zero-order valence-corrected chi connectivity index (χ0v) is 13.1. The maximum absolute atomic E-state index is 10.6. The predicted octanol–water partition coefficient (Wildman–Crippen LogP) is 2.35. The van der Waals surface area contributed by atoms with Crippen LogP contribution in [0.2, 0.25) is 0 Å². The quantitative estimate of drug-likeness (QED) is 0.682. The van der Waals surface area contributed by atoms with Crippen molar-refractivity contribution in [3.8, 4) is 0 Å². The van der Waals surface area contributed by atoms with Gasteiger partial charge in [-0.05, 0) is 37.3 Å². The monoisotopic (exact) mass is 281 g/mol. The molecule has 0 spiro atoms. The van der Waals surface area contributed by atoms with Crippen LogP contribution in [0, 0.1) is 5.41 Å². The molecule has 2 N–H and O–H groups in total. The number of hydrogen-bond donors (Lipinski definition) is 2. The molecule has 1 rings (SSSR count). The first kappa shape index (κ1) is 16.7. The van der Waals surface area contributed by atoms with Gasteiger partial charge in [0.15, 0.2) is 0 Å². The van der Waals surface area contributed by atoms with E-state index in [1.54, 1.807) is 0 Å². The second-order valence-corrected chi connectivity index (χ2v) is 6.09. The minimum Gasteiger partial charge on any atom is -0.481 e. The highest BCUT2D eigenvalue weighted by atomic mass is 16.4. The van der Waals surface area contributed by atoms with E-state index in [0.717, 1.165) is 38.0 Å². The van der Waals surface area contributed by atoms with Crippen LogP contribution in [0.5, 0.6) is 0 Å². The summed E-state index contributed by atoms with van der Waals surface area (Å²) in [5.41, 5.74) is 2.36. The molecule has 0 aromatic carbocycles. The van der Waals surface area contributed by atoms with Crippen molar-refractivity contribution in [3.63, 3.8) is 0 Å². The summed E-state index contributed by atoms with van der Waals surface area (Å²) in [4.78, 5) is 10.6. The standard InChI is InChI=1S/C15H27N3O2/c1-5-12-10-13(18(4)17-12)11-16-9-8-15(2,3)7-6-14(19)20/h10,16H,5-9,11H2,1-4H3,(H,19,20). The van der Waals surface area contributed by atoms with Gasteiger partial charge in [0.1, 0.15) is 0 Å². The molecule has 0 radical (unpaired) electrons. The lowest BCUT2D eigenvalue weighted by molar-refractivity contribution is -0.137. The molecule has 1 aromatic heterocycles. The zero-order valence-electron chi connectivity index (χ0n) is 13.1. The molecule has 0 bridgehead atoms. The van der Waals surface area contributed by atoms with Crippen LogP contribution in [0.25, 0.3) is 0 Å². The van der Waals surface area contributed by atoms with Crippen LogP contribution in [0.1, 0.15) is 51.4 Å². The maximum Gasteiger partial charge on any atom is 0.303 e. The van der Waals surface area contributed by atoms with Gasteiger partial charge in [-0.15, -0.1) is 0 Å². The number of aromatic nitrogens is 2. The summed E-state index contributed by atoms with van der Waals surface area (Å²) < 4.78 is 1.92. The number of nitrogens with zero attached hydrogens (tertiary/aromatic N) is 2. The number of hydrogen-bond acceptors (Lipinski definition) is 3. The Balaban J connectivity index is 2.30. The molecule has 1 aromatic rings. The van der Waals surface area contributed by atoms with Crippen LogP contribution < -0.4 is 5.32 Å². The molecule has 0 amide bonds. The minimum absolute atomic E-state index is 0.0619. The average Bonchev–Trinajstić information content (AvgIpc) is 2.73. The van der Waals surface area contributed by atoms with Gasteiger partial charge in [-0.25, -0.2) is 0 Å². The van der Waals surface area contributed by atoms with Crippen molar-refractivity contribution in [2.75, 3.05) is 6.54 Å². The van der Waals surface area contributed by atoms with Gasteiger partial charge in [-0.2, -0.15) is 5.10 Å². The molecule has 0 atom stereocenters. The van der Waals surface area contributed by atoms with E-state index in [4.69, 9.17) is 5.11 Å². The molecule has 5 heteroatoms. The Hall–Kier alpha value is -1.36. The van der Waals surface area contributed by atoms with Crippen molar-refractivity contribution in [3.05, 3.63) is 17.5 Å². The molecule has 0 aliphatic rings. The van der Waals surface area contributed by atoms with Crippen LogP contribution >= 0.6 is 0 Å². The van der Waals surface area contributed by atoms with Crippen molar-refractivity contribution in [2.45, 2.75) is 53.0 Å². The first-order valence-electron chi connectivity index (χ1n) is 7.28. The lowest BCUT2D eigenvalue weighted by atomic mass is 9.84. The molecular weight excluding hydrogens is 254 g/mol. The maximum atomic E-state index is 10.6. The van der Waals surface area contributed by atoms with E-state index in [-0.39, 0.29) is 11.8 Å². The Kier molecular flexibility index (Phi) is 6.20. The van der Waals surface area contributed by atoms with Crippen molar-refractivity contribution >= 4 is 5.97 Å². The number of aliphatic carboxylic acids is 1. The molecule has 0 aliphatic carbocycles. The number of aryl methyl sites for hydroxylation is 2. The number of carbonyl (C=O) groups is 1. The third kappa shape index (κ3) is 5.74. The van der Waals surface area contributed by atoms with Gasteiger partial charge in [0.05, 0.1) is 11.4 Å². The summed E-state index contributed by atoms with van der Waals surface area (Å²) in [5, 5.41) is 16.6. The van der Waals surface area contributed by atoms with Gasteiger partial charge in [-0.3, -0.25) is 9.48 Å². The van der Waals surface area contributed by atoms with E-state index in [9.17, 15) is 4.79 Å². The van der Waals surface area contributed by atoms with E-state index >= 15 is 0 Å². The fraction of sp³-hybridized carbons (Fsp3) is 0.733. The highest BCUT2D eigenvalue weighted by molar-refractivity contribution is 5.66. The average molecular weight is 281 g/mol. The smallest absolute Gasteiger partial charge is 0.303 e. The van der Waals surface area contributed by atoms with Gasteiger partial charge < -0.3 is 10.4 Å². The summed E-state index contributed by atoms with van der Waals surface area (Å²) in [6.45, 7) is 8.04. The Morgan fingerprint density at radius 2 is 2.15 bits per heavy atom. The van der Waals surface area contributed by atoms with Gasteiger partial charge in [0, 0.05) is 20.0 Å². The van der Waals surface area contributed by atoms with Gasteiger partial charge in [0.2, 0.25) is 0 Å². The normalized spacial score (nSPS) is 11.8. The van der Waals surface area contributed by atoms with E-state index in [1.807, 2.05) is 11.7 Å². The van der Waals surface area contributed by atoms with Crippen molar-refractivity contribution < 1.29 is 9.90 Å². The van der Waals surface area contributed by atoms with E-state index in [0.29, 0.717) is 0 Å². The molecule has 0 saturated carbocycles. The molecule has 20 heavy (non-hydrogen) atoms. The lowest BCUT2D eigenvalue weighted by Gasteiger charge is -2.23. The van der Waals surface area contributed by atoms with E-state index in [2.05, 4.69) is 37.3 Å². The molecule has 114 valence electrons. The molecule has 0 aliphatic heterocycles. The Bertz CT molecular complexity index is 438. The second kappa shape index (κ2) is 7.43. The Labute approximate surface area is 121 Å². The van der Waals surface area contributed by atoms with Crippen molar-refractivity contribution in [1.29, 1.82) is 0 Å². The third-order valence-electron chi connectivity index (χ3n) is 3.69. The Morgan fingerprint density at radius 3 is 2.70 bits per heavy atom. The second-order valence-electron chi connectivity index (χ2n) is 6.09. The largest absolute Gasteiger partial charge is 0.481 e. The highest BCUT2D eigenvalue weighted by Gasteiger charge is 2.18. The molecule has 0 saturated heterocycles. The zero-order chi connectivity index (χ0) is 15.2. The minimum atomic E-state index is -0.715.